The third-order valence-corrected chi connectivity index (χ3v) is 2.25. The number of alkyl carbamates (subject to hydrolysis) is 1. The molecule has 1 aliphatic heterocycles. The molecule has 0 aliphatic carbocycles. The molecule has 0 aromatic heterocycles. The molecule has 17 heavy (non-hydrogen) atoms. The van der Waals surface area contributed by atoms with Crippen LogP contribution in [0.3, 0.4) is 0 Å². The van der Waals surface area contributed by atoms with E-state index >= 15 is 0 Å². The van der Waals surface area contributed by atoms with E-state index in [9.17, 15) is 18.0 Å². The van der Waals surface area contributed by atoms with Gasteiger partial charge in [0.2, 0.25) is 0 Å². The van der Waals surface area contributed by atoms with Gasteiger partial charge in [-0.2, -0.15) is 13.2 Å². The normalized spacial score (nSPS) is 25.8. The van der Waals surface area contributed by atoms with Gasteiger partial charge in [-0.25, -0.2) is 4.79 Å². The highest BCUT2D eigenvalue weighted by molar-refractivity contribution is 5.68. The Balaban J connectivity index is 2.38. The molecule has 0 saturated carbocycles. The van der Waals surface area contributed by atoms with Crippen LogP contribution in [0.25, 0.3) is 0 Å². The summed E-state index contributed by atoms with van der Waals surface area (Å²) in [5, 5.41) is 4.73. The van der Waals surface area contributed by atoms with Gasteiger partial charge in [-0.15, -0.1) is 0 Å². The van der Waals surface area contributed by atoms with Gasteiger partial charge in [-0.1, -0.05) is 0 Å². The van der Waals surface area contributed by atoms with Crippen LogP contribution in [0, 0.1) is 0 Å². The lowest BCUT2D eigenvalue weighted by Gasteiger charge is -2.21. The number of halogens is 3. The lowest BCUT2D eigenvalue weighted by atomic mass is 10.1. The second-order valence-corrected chi connectivity index (χ2v) is 5.08. The summed E-state index contributed by atoms with van der Waals surface area (Å²) >= 11 is 0. The van der Waals surface area contributed by atoms with Gasteiger partial charge < -0.3 is 15.4 Å². The van der Waals surface area contributed by atoms with Gasteiger partial charge in [-0.05, 0) is 27.2 Å². The molecule has 2 atom stereocenters. The molecular formula is C10H17F3N2O2. The second kappa shape index (κ2) is 4.72. The molecule has 0 unspecified atom stereocenters. The highest BCUT2D eigenvalue weighted by Crippen LogP contribution is 2.26. The van der Waals surface area contributed by atoms with Gasteiger partial charge in [0, 0.05) is 12.6 Å². The molecule has 2 N–H and O–H groups in total. The Morgan fingerprint density at radius 1 is 1.35 bits per heavy atom. The van der Waals surface area contributed by atoms with E-state index in [1.165, 1.54) is 0 Å². The first kappa shape index (κ1) is 14.1. The Kier molecular flexibility index (Phi) is 3.91. The summed E-state index contributed by atoms with van der Waals surface area (Å²) in [6, 6.07) is -2.10. The van der Waals surface area contributed by atoms with E-state index in [0.717, 1.165) is 0 Å². The summed E-state index contributed by atoms with van der Waals surface area (Å²) in [6.45, 7) is 5.18. The van der Waals surface area contributed by atoms with E-state index in [1.54, 1.807) is 20.8 Å². The van der Waals surface area contributed by atoms with E-state index in [4.69, 9.17) is 4.74 Å². The smallest absolute Gasteiger partial charge is 0.407 e. The van der Waals surface area contributed by atoms with Crippen molar-refractivity contribution in [3.05, 3.63) is 0 Å². The molecule has 4 nitrogen and oxygen atoms in total. The molecule has 0 spiro atoms. The van der Waals surface area contributed by atoms with Gasteiger partial charge in [0.05, 0.1) is 0 Å². The zero-order valence-electron chi connectivity index (χ0n) is 10.0. The molecule has 100 valence electrons. The number of hydrogen-bond donors (Lipinski definition) is 2. The lowest BCUT2D eigenvalue weighted by molar-refractivity contribution is -0.152. The number of carbonyl (C=O) groups excluding carboxylic acids is 1. The van der Waals surface area contributed by atoms with Gasteiger partial charge in [-0.3, -0.25) is 0 Å². The number of rotatable bonds is 1. The van der Waals surface area contributed by atoms with Crippen LogP contribution in [0.15, 0.2) is 0 Å². The van der Waals surface area contributed by atoms with Crippen LogP contribution >= 0.6 is 0 Å². The van der Waals surface area contributed by atoms with E-state index in [1.807, 2.05) is 0 Å². The third-order valence-electron chi connectivity index (χ3n) is 2.25. The topological polar surface area (TPSA) is 50.4 Å². The van der Waals surface area contributed by atoms with Crippen molar-refractivity contribution in [1.29, 1.82) is 0 Å². The van der Waals surface area contributed by atoms with Crippen molar-refractivity contribution in [2.75, 3.05) is 6.54 Å². The highest BCUT2D eigenvalue weighted by atomic mass is 19.4. The van der Waals surface area contributed by atoms with Crippen LogP contribution in [0.1, 0.15) is 27.2 Å². The largest absolute Gasteiger partial charge is 0.444 e. The van der Waals surface area contributed by atoms with Crippen molar-refractivity contribution < 1.29 is 22.7 Å². The molecular weight excluding hydrogens is 237 g/mol. The van der Waals surface area contributed by atoms with Gasteiger partial charge in [0.25, 0.3) is 0 Å². The molecule has 1 rings (SSSR count). The lowest BCUT2D eigenvalue weighted by Crippen LogP contribution is -2.40. The Morgan fingerprint density at radius 3 is 2.35 bits per heavy atom. The summed E-state index contributed by atoms with van der Waals surface area (Å²) in [6.07, 6.45) is -5.13. The van der Waals surface area contributed by atoms with Crippen molar-refractivity contribution in [2.45, 2.75) is 51.1 Å². The first-order valence-corrected chi connectivity index (χ1v) is 5.37. The zero-order chi connectivity index (χ0) is 13.3. The number of hydrogen-bond acceptors (Lipinski definition) is 3. The van der Waals surface area contributed by atoms with Crippen molar-refractivity contribution >= 4 is 6.09 Å². The van der Waals surface area contributed by atoms with E-state index in [-0.39, 0.29) is 13.0 Å². The number of carbonyl (C=O) groups is 1. The van der Waals surface area contributed by atoms with Crippen LogP contribution in [-0.4, -0.2) is 36.5 Å². The van der Waals surface area contributed by atoms with Crippen LogP contribution < -0.4 is 10.6 Å². The predicted molar refractivity (Wildman–Crippen MR) is 55.6 cm³/mol. The van der Waals surface area contributed by atoms with Crippen LogP contribution in [0.2, 0.25) is 0 Å². The maximum Gasteiger partial charge on any atom is 0.407 e. The van der Waals surface area contributed by atoms with Crippen molar-refractivity contribution in [3.8, 4) is 0 Å². The first-order chi connectivity index (χ1) is 7.58. The Morgan fingerprint density at radius 2 is 1.94 bits per heavy atom. The van der Waals surface area contributed by atoms with Crippen LogP contribution in [0.4, 0.5) is 18.0 Å². The van der Waals surface area contributed by atoms with Gasteiger partial charge in [0.1, 0.15) is 11.6 Å². The Labute approximate surface area is 97.9 Å². The molecule has 0 aromatic rings. The molecule has 1 aliphatic rings. The zero-order valence-corrected chi connectivity index (χ0v) is 10.0. The van der Waals surface area contributed by atoms with E-state index < -0.39 is 30.0 Å². The summed E-state index contributed by atoms with van der Waals surface area (Å²) in [7, 11) is 0. The van der Waals surface area contributed by atoms with Crippen molar-refractivity contribution in [2.24, 2.45) is 0 Å². The fourth-order valence-electron chi connectivity index (χ4n) is 1.57. The van der Waals surface area contributed by atoms with Gasteiger partial charge >= 0.3 is 12.3 Å². The number of ether oxygens (including phenoxy) is 1. The van der Waals surface area contributed by atoms with Gasteiger partial charge in [0.15, 0.2) is 0 Å². The average molecular weight is 254 g/mol. The summed E-state index contributed by atoms with van der Waals surface area (Å²) in [5.74, 6) is 0. The number of nitrogens with one attached hydrogen (secondary N) is 2. The molecule has 0 radical (unpaired) electrons. The number of amides is 1. The SMILES string of the molecule is CC(C)(C)OC(=O)N[C@@H]1CN[C@@H](C(F)(F)F)C1. The van der Waals surface area contributed by atoms with Crippen LogP contribution in [-0.2, 0) is 4.74 Å². The van der Waals surface area contributed by atoms with E-state index in [0.29, 0.717) is 0 Å². The van der Waals surface area contributed by atoms with Crippen molar-refractivity contribution in [1.82, 2.24) is 10.6 Å². The van der Waals surface area contributed by atoms with Crippen LogP contribution in [0.5, 0.6) is 0 Å². The maximum absolute atomic E-state index is 12.3. The summed E-state index contributed by atoms with van der Waals surface area (Å²) in [5.41, 5.74) is -0.653. The summed E-state index contributed by atoms with van der Waals surface area (Å²) < 4.78 is 42.0. The minimum Gasteiger partial charge on any atom is -0.444 e. The number of alkyl halides is 3. The second-order valence-electron chi connectivity index (χ2n) is 5.08. The Bertz CT molecular complexity index is 286. The highest BCUT2D eigenvalue weighted by Gasteiger charge is 2.44. The molecule has 1 heterocycles. The molecule has 0 bridgehead atoms. The first-order valence-electron chi connectivity index (χ1n) is 5.37. The minimum atomic E-state index is -4.27. The Hall–Kier alpha value is -0.980. The summed E-state index contributed by atoms with van der Waals surface area (Å²) in [4.78, 5) is 11.3. The average Bonchev–Trinajstić information content (AvgIpc) is 2.47. The standard InChI is InChI=1S/C10H17F3N2O2/c1-9(2,3)17-8(16)15-6-4-7(14-5-6)10(11,12)13/h6-7,14H,4-5H2,1-3H3,(H,15,16)/t6-,7+/m0/s1. The van der Waals surface area contributed by atoms with E-state index in [2.05, 4.69) is 10.6 Å². The fourth-order valence-corrected chi connectivity index (χ4v) is 1.57. The molecule has 1 saturated heterocycles. The molecule has 1 fully saturated rings. The maximum atomic E-state index is 12.3. The molecule has 0 aromatic carbocycles. The quantitative estimate of drug-likeness (QED) is 0.750. The fraction of sp³-hybridized carbons (Fsp3) is 0.900. The molecule has 7 heteroatoms. The molecule has 1 amide bonds. The predicted octanol–water partition coefficient (Wildman–Crippen LogP) is 1.80. The third kappa shape index (κ3) is 4.80. The monoisotopic (exact) mass is 254 g/mol. The minimum absolute atomic E-state index is 0.101. The van der Waals surface area contributed by atoms with Crippen molar-refractivity contribution in [3.63, 3.8) is 0 Å².